The molecule has 25 rings (SSSR count). The van der Waals surface area contributed by atoms with Crippen LogP contribution in [-0.2, 0) is 77.7 Å². The van der Waals surface area contributed by atoms with E-state index in [2.05, 4.69) is 318 Å². The van der Waals surface area contributed by atoms with Crippen molar-refractivity contribution in [1.29, 1.82) is 0 Å². The third-order valence-electron chi connectivity index (χ3n) is 26.2. The van der Waals surface area contributed by atoms with Crippen molar-refractivity contribution in [2.75, 3.05) is 57.2 Å². The molecule has 20 aromatic rings. The van der Waals surface area contributed by atoms with E-state index < -0.39 is 0 Å². The van der Waals surface area contributed by atoms with Crippen LogP contribution in [0.15, 0.2) is 360 Å². The number of hydrogen-bond acceptors (Lipinski definition) is 20. The van der Waals surface area contributed by atoms with Gasteiger partial charge in [0.1, 0.15) is 0 Å². The highest BCUT2D eigenvalue weighted by Crippen LogP contribution is 2.41. The molecule has 1 N–H and O–H groups in total. The second-order valence-corrected chi connectivity index (χ2v) is 40.3. The molecule has 24 heteroatoms. The lowest BCUT2D eigenvalue weighted by molar-refractivity contribution is 0.729. The summed E-state index contributed by atoms with van der Waals surface area (Å²) in [6, 6.07) is 93.8. The molecule has 10 aromatic carbocycles. The molecule has 5 aliphatic rings. The second-order valence-electron chi connectivity index (χ2n) is 35.0. The molecule has 0 spiro atoms. The van der Waals surface area contributed by atoms with Crippen molar-refractivity contribution in [3.63, 3.8) is 0 Å². The zero-order valence-corrected chi connectivity index (χ0v) is 80.5. The molecular weight excluding hydrogens is 1780 g/mol. The minimum Gasteiger partial charge on any atom is -0.361 e. The summed E-state index contributed by atoms with van der Waals surface area (Å²) in [6.45, 7) is 18.8. The van der Waals surface area contributed by atoms with E-state index in [1.807, 2.05) is 128 Å². The lowest BCUT2D eigenvalue weighted by atomic mass is 9.99. The molecule has 0 aliphatic carbocycles. The predicted molar refractivity (Wildman–Crippen MR) is 562 cm³/mol. The summed E-state index contributed by atoms with van der Waals surface area (Å²) in [6.07, 6.45) is 34.3. The van der Waals surface area contributed by atoms with E-state index in [9.17, 15) is 0 Å². The summed E-state index contributed by atoms with van der Waals surface area (Å²) in [5, 5.41) is 19.8. The normalized spacial score (nSPS) is 14.0. The number of benzene rings is 10. The van der Waals surface area contributed by atoms with Crippen molar-refractivity contribution in [2.24, 2.45) is 0 Å². The van der Waals surface area contributed by atoms with Gasteiger partial charge in [0.25, 0.3) is 0 Å². The van der Waals surface area contributed by atoms with Crippen LogP contribution >= 0.6 is 56.7 Å². The van der Waals surface area contributed by atoms with E-state index in [1.165, 1.54) is 108 Å². The number of thiazole rings is 5. The summed E-state index contributed by atoms with van der Waals surface area (Å²) in [4.78, 5) is 54.0. The SMILES string of the molecule is C=C(c1cccc(-n2cccn2)c1)c1cnc(N2CCc3ccccc3C2)s1.CC(c1ccc(-c2ncccn2)cc1)c1cnc(N2CCc3ccccc3C2)s1.CC(c1cnc(N2CCc3ccccc3C2)s1)c1c[nH]c2ccccc12.c1cc(Cc2cnc(N3CCc4ccccc4C3)s2)cc(-n2cccn2)c1.c1ccc2c(c1)CCN(c1ncc(Cc3ccc(-n4cccn4)cc3)s1)C2. The molecule has 0 radical (unpaired) electrons. The fraction of sp³-hybridized carbons (Fsp3) is 0.186. The molecule has 0 saturated heterocycles. The summed E-state index contributed by atoms with van der Waals surface area (Å²) >= 11 is 8.96. The molecule has 15 heterocycles. The first-order valence-corrected chi connectivity index (χ1v) is 50.9. The number of rotatable bonds is 19. The van der Waals surface area contributed by atoms with Crippen LogP contribution < -0.4 is 24.5 Å². The van der Waals surface area contributed by atoms with Gasteiger partial charge in [0.05, 0.1) is 21.9 Å². The Bertz CT molecular complexity index is 7420. The summed E-state index contributed by atoms with van der Waals surface area (Å²) in [5.41, 5.74) is 27.2. The van der Waals surface area contributed by atoms with Crippen LogP contribution in [0.5, 0.6) is 0 Å². The molecule has 137 heavy (non-hydrogen) atoms. The third kappa shape index (κ3) is 20.9. The van der Waals surface area contributed by atoms with Gasteiger partial charge in [-0.1, -0.05) is 232 Å². The van der Waals surface area contributed by atoms with Crippen molar-refractivity contribution in [3.8, 4) is 28.5 Å². The maximum Gasteiger partial charge on any atom is 0.186 e. The molecule has 0 saturated carbocycles. The van der Waals surface area contributed by atoms with Crippen molar-refractivity contribution < 1.29 is 0 Å². The monoisotopic (exact) mass is 1890 g/mol. The molecule has 0 bridgehead atoms. The van der Waals surface area contributed by atoms with Crippen LogP contribution in [0.25, 0.3) is 44.9 Å². The smallest absolute Gasteiger partial charge is 0.186 e. The van der Waals surface area contributed by atoms with Crippen LogP contribution in [0, 0.1) is 0 Å². The third-order valence-corrected chi connectivity index (χ3v) is 31.9. The summed E-state index contributed by atoms with van der Waals surface area (Å²) in [5.74, 6) is 1.41. The van der Waals surface area contributed by atoms with E-state index in [0.717, 1.165) is 181 Å². The Morgan fingerprint density at radius 1 is 0.343 bits per heavy atom. The Labute approximate surface area is 818 Å². The number of hydrogen-bond donors (Lipinski definition) is 1. The number of aromatic amines is 1. The lowest BCUT2D eigenvalue weighted by Gasteiger charge is -2.28. The van der Waals surface area contributed by atoms with E-state index in [0.29, 0.717) is 11.8 Å². The molecule has 10 aromatic heterocycles. The quantitative estimate of drug-likeness (QED) is 0.0809. The minimum absolute atomic E-state index is 0.309. The van der Waals surface area contributed by atoms with Gasteiger partial charge >= 0.3 is 0 Å². The summed E-state index contributed by atoms with van der Waals surface area (Å²) in [7, 11) is 0. The molecule has 0 amide bonds. The number of anilines is 5. The van der Waals surface area contributed by atoms with Crippen LogP contribution in [0.4, 0.5) is 25.7 Å². The van der Waals surface area contributed by atoms with Gasteiger partial charge in [0.2, 0.25) is 0 Å². The first kappa shape index (κ1) is 88.9. The predicted octanol–water partition coefficient (Wildman–Crippen LogP) is 24.6. The van der Waals surface area contributed by atoms with E-state index >= 15 is 0 Å². The van der Waals surface area contributed by atoms with Crippen molar-refractivity contribution in [3.05, 3.63) is 468 Å². The Morgan fingerprint density at radius 3 is 1.23 bits per heavy atom. The largest absolute Gasteiger partial charge is 0.361 e. The zero-order valence-electron chi connectivity index (χ0n) is 76.5. The average Bonchev–Trinajstić information content (AvgIpc) is 1.61. The topological polar surface area (TPSA) is 176 Å². The van der Waals surface area contributed by atoms with Gasteiger partial charge in [0.15, 0.2) is 31.5 Å². The number of fused-ring (bicyclic) bond motifs is 6. The summed E-state index contributed by atoms with van der Waals surface area (Å²) < 4.78 is 5.63. The molecular formula is C113H103N19S5. The van der Waals surface area contributed by atoms with Crippen LogP contribution in [0.2, 0.25) is 0 Å². The van der Waals surface area contributed by atoms with Crippen LogP contribution in [0.1, 0.15) is 134 Å². The number of nitrogens with one attached hydrogen (secondary N) is 1. The van der Waals surface area contributed by atoms with E-state index in [-0.39, 0.29) is 0 Å². The number of para-hydroxylation sites is 1. The average molecular weight is 1890 g/mol. The van der Waals surface area contributed by atoms with Gasteiger partial charge in [0, 0.05) is 213 Å². The fourth-order valence-corrected chi connectivity index (χ4v) is 23.4. The fourth-order valence-electron chi connectivity index (χ4n) is 18.5. The second kappa shape index (κ2) is 41.7. The van der Waals surface area contributed by atoms with Crippen molar-refractivity contribution >= 4 is 98.8 Å². The molecule has 5 aliphatic heterocycles. The zero-order chi connectivity index (χ0) is 92.2. The van der Waals surface area contributed by atoms with Crippen LogP contribution in [-0.4, -0.2) is 102 Å². The maximum atomic E-state index is 4.76. The molecule has 19 nitrogen and oxygen atoms in total. The Hall–Kier alpha value is -14.7. The number of aromatic nitrogens is 14. The highest BCUT2D eigenvalue weighted by atomic mass is 32.1. The first-order chi connectivity index (χ1) is 67.5. The highest BCUT2D eigenvalue weighted by molar-refractivity contribution is 7.17. The number of H-pyrrole nitrogens is 1. The molecule has 2 atom stereocenters. The van der Waals surface area contributed by atoms with Gasteiger partial charge < -0.3 is 29.5 Å². The van der Waals surface area contributed by atoms with Gasteiger partial charge in [-0.2, -0.15) is 15.3 Å². The minimum atomic E-state index is 0.309. The Kier molecular flexibility index (Phi) is 27.0. The molecule has 680 valence electrons. The van der Waals surface area contributed by atoms with E-state index in [1.54, 1.807) is 53.7 Å². The van der Waals surface area contributed by atoms with Crippen molar-refractivity contribution in [1.82, 2.24) is 69.2 Å². The van der Waals surface area contributed by atoms with Gasteiger partial charge in [-0.05, 0) is 188 Å². The molecule has 2 unspecified atom stereocenters. The van der Waals surface area contributed by atoms with Gasteiger partial charge in [-0.25, -0.2) is 48.9 Å². The Balaban J connectivity index is 0.000000102. The Morgan fingerprint density at radius 2 is 0.752 bits per heavy atom. The van der Waals surface area contributed by atoms with Crippen molar-refractivity contribution in [2.45, 2.75) is 103 Å². The molecule has 0 fully saturated rings. The standard InChI is InChI=1S/C24H22N4S.C23H20N4S.2C22H20N4S.C22H21N3S/c1-17(18-7-9-20(10-8-18)23-25-12-4-13-26-23)22-15-27-24(29-22)28-14-11-19-5-2-3-6-21(19)16-28;1-17(19-8-4-9-21(14-19)27-12-5-11-25-27)22-15-24-23(28-22)26-13-10-18-6-2-3-7-20(18)16-26;1-2-7-19-16-25(12-9-18(19)6-1)22-23-15-21(27-22)14-17-5-3-8-20(13-17)26-11-4-10-24-26;1-2-5-19-16-25(13-10-18(19)4-1)22-23-15-21(27-22)14-17-6-8-20(9-7-17)26-12-3-11-24-26;1-15(19-12-23-20-9-5-4-8-18(19)20)21-13-24-22(26-21)25-11-10-16-6-2-3-7-17(16)14-25/h2-10,12-13,15,17H,11,14,16H2,1H3;2-9,11-12,14-15H,1,10,13,16H2;1-8,10-11,13,15H,9,12,14,16H2;1-9,11-12,15H,10,13-14,16H2;2-9,12-13,15,23H,10-11,14H2,1H3. The van der Waals surface area contributed by atoms with Crippen LogP contribution in [0.3, 0.4) is 0 Å². The van der Waals surface area contributed by atoms with Gasteiger partial charge in [-0.15, -0.1) is 45.3 Å². The van der Waals surface area contributed by atoms with Gasteiger partial charge in [-0.3, -0.25) is 0 Å². The first-order valence-electron chi connectivity index (χ1n) is 46.8. The highest BCUT2D eigenvalue weighted by Gasteiger charge is 2.27. The lowest BCUT2D eigenvalue weighted by Crippen LogP contribution is -2.30. The van der Waals surface area contributed by atoms with E-state index in [4.69, 9.17) is 24.9 Å². The number of nitrogens with zero attached hydrogens (tertiary/aromatic N) is 18. The maximum absolute atomic E-state index is 4.76.